The van der Waals surface area contributed by atoms with Gasteiger partial charge in [0.25, 0.3) is 5.91 Å². The Hall–Kier alpha value is -3.68. The number of H-pyrrole nitrogens is 1. The van der Waals surface area contributed by atoms with Gasteiger partial charge in [-0.15, -0.1) is 0 Å². The summed E-state index contributed by atoms with van der Waals surface area (Å²) in [7, 11) is 0. The molecule has 1 saturated heterocycles. The van der Waals surface area contributed by atoms with Gasteiger partial charge in [0, 0.05) is 27.7 Å². The van der Waals surface area contributed by atoms with Crippen molar-refractivity contribution in [2.45, 2.75) is 58.4 Å². The molecule has 1 amide bonds. The Bertz CT molecular complexity index is 883. The lowest BCUT2D eigenvalue weighted by molar-refractivity contribution is -0.289. The van der Waals surface area contributed by atoms with Crippen LogP contribution in [0, 0.1) is 0 Å². The molecule has 1 aromatic heterocycles. The zero-order chi connectivity index (χ0) is 24.0. The van der Waals surface area contributed by atoms with Crippen LogP contribution >= 0.6 is 0 Å². The predicted octanol–water partition coefficient (Wildman–Crippen LogP) is -1.03. The van der Waals surface area contributed by atoms with Gasteiger partial charge in [0.2, 0.25) is 18.3 Å². The van der Waals surface area contributed by atoms with E-state index in [9.17, 15) is 24.0 Å². The molecule has 0 aromatic carbocycles. The number of hydrogen-bond donors (Lipinski definition) is 2. The quantitative estimate of drug-likeness (QED) is 0.356. The molecular weight excluding hydrogens is 434 g/mol. The number of nitrogens with two attached hydrogens (primary N) is 1. The molecule has 0 spiro atoms. The maximum absolute atomic E-state index is 11.8. The number of rotatable bonds is 8. The molecule has 1 fully saturated rings. The van der Waals surface area contributed by atoms with E-state index in [1.807, 2.05) is 0 Å². The summed E-state index contributed by atoms with van der Waals surface area (Å²) < 4.78 is 32.0. The summed E-state index contributed by atoms with van der Waals surface area (Å²) in [5.41, 5.74) is 5.05. The van der Waals surface area contributed by atoms with Gasteiger partial charge in [-0.1, -0.05) is 0 Å². The Morgan fingerprint density at radius 1 is 0.938 bits per heavy atom. The Morgan fingerprint density at radius 2 is 1.50 bits per heavy atom. The minimum absolute atomic E-state index is 0.210. The van der Waals surface area contributed by atoms with E-state index in [0.717, 1.165) is 34.0 Å². The van der Waals surface area contributed by atoms with Crippen LogP contribution in [-0.2, 0) is 42.9 Å². The fourth-order valence-corrected chi connectivity index (χ4v) is 2.94. The second-order valence-electron chi connectivity index (χ2n) is 6.63. The third-order valence-electron chi connectivity index (χ3n) is 4.03. The molecule has 0 saturated carbocycles. The molecule has 1 aliphatic heterocycles. The lowest BCUT2D eigenvalue weighted by Gasteiger charge is -2.43. The number of esters is 4. The average molecular weight is 457 g/mol. The fourth-order valence-electron chi connectivity index (χ4n) is 2.94. The summed E-state index contributed by atoms with van der Waals surface area (Å²) in [5.74, 6) is -4.23. The molecule has 14 nitrogen and oxygen atoms in total. The first-order chi connectivity index (χ1) is 15.0. The largest absolute Gasteiger partial charge is 0.463 e. The van der Waals surface area contributed by atoms with Crippen molar-refractivity contribution in [3.8, 4) is 5.88 Å². The number of aromatic nitrogens is 2. The van der Waals surface area contributed by atoms with Crippen molar-refractivity contribution in [1.29, 1.82) is 0 Å². The second kappa shape index (κ2) is 10.6. The first-order valence-corrected chi connectivity index (χ1v) is 9.29. The summed E-state index contributed by atoms with van der Waals surface area (Å²) in [6, 6.07) is 0. The summed E-state index contributed by atoms with van der Waals surface area (Å²) in [5, 5.41) is 0. The van der Waals surface area contributed by atoms with E-state index in [1.54, 1.807) is 0 Å². The van der Waals surface area contributed by atoms with Crippen molar-refractivity contribution in [3.05, 3.63) is 12.0 Å². The van der Waals surface area contributed by atoms with Crippen LogP contribution in [0.4, 0.5) is 0 Å². The molecule has 0 bridgehead atoms. The van der Waals surface area contributed by atoms with E-state index >= 15 is 0 Å². The van der Waals surface area contributed by atoms with Gasteiger partial charge < -0.3 is 39.1 Å². The second-order valence-corrected chi connectivity index (χ2v) is 6.63. The third kappa shape index (κ3) is 6.41. The average Bonchev–Trinajstić information content (AvgIpc) is 3.12. The highest BCUT2D eigenvalue weighted by molar-refractivity contribution is 5.93. The fraction of sp³-hybridized carbons (Fsp3) is 0.556. The number of ether oxygens (including phenoxy) is 6. The van der Waals surface area contributed by atoms with E-state index < -0.39 is 67.1 Å². The van der Waals surface area contributed by atoms with Gasteiger partial charge in [-0.25, -0.2) is 4.98 Å². The topological polar surface area (TPSA) is 195 Å². The molecule has 32 heavy (non-hydrogen) atoms. The number of primary amides is 1. The highest BCUT2D eigenvalue weighted by Gasteiger charge is 2.53. The zero-order valence-electron chi connectivity index (χ0n) is 17.7. The Morgan fingerprint density at radius 3 is 2.03 bits per heavy atom. The molecule has 1 aliphatic rings. The van der Waals surface area contributed by atoms with Gasteiger partial charge in [-0.05, 0) is 0 Å². The van der Waals surface area contributed by atoms with Crippen LogP contribution in [0.15, 0.2) is 6.33 Å². The first-order valence-electron chi connectivity index (χ1n) is 9.29. The monoisotopic (exact) mass is 457 g/mol. The van der Waals surface area contributed by atoms with Gasteiger partial charge in [0.1, 0.15) is 12.7 Å². The van der Waals surface area contributed by atoms with Crippen LogP contribution in [0.1, 0.15) is 38.2 Å². The summed E-state index contributed by atoms with van der Waals surface area (Å²) in [4.78, 5) is 64.4. The van der Waals surface area contributed by atoms with E-state index in [2.05, 4.69) is 9.97 Å². The van der Waals surface area contributed by atoms with E-state index in [0.29, 0.717) is 0 Å². The summed E-state index contributed by atoms with van der Waals surface area (Å²) >= 11 is 0. The van der Waals surface area contributed by atoms with E-state index in [4.69, 9.17) is 34.2 Å². The van der Waals surface area contributed by atoms with Crippen molar-refractivity contribution in [3.63, 3.8) is 0 Å². The van der Waals surface area contributed by atoms with Crippen molar-refractivity contribution >= 4 is 29.8 Å². The molecule has 0 unspecified atom stereocenters. The Kier molecular flexibility index (Phi) is 8.12. The molecule has 2 heterocycles. The number of imidazole rings is 1. The van der Waals surface area contributed by atoms with Crippen LogP contribution in [0.3, 0.4) is 0 Å². The smallest absolute Gasteiger partial charge is 0.303 e. The molecule has 176 valence electrons. The highest BCUT2D eigenvalue weighted by atomic mass is 16.7. The van der Waals surface area contributed by atoms with Crippen molar-refractivity contribution in [2.24, 2.45) is 5.73 Å². The van der Waals surface area contributed by atoms with Gasteiger partial charge in [0.05, 0.1) is 6.33 Å². The van der Waals surface area contributed by atoms with Crippen molar-refractivity contribution < 1.29 is 52.4 Å². The predicted molar refractivity (Wildman–Crippen MR) is 99.7 cm³/mol. The molecule has 0 radical (unpaired) electrons. The van der Waals surface area contributed by atoms with Gasteiger partial charge in [-0.3, -0.25) is 24.0 Å². The Balaban J connectivity index is 2.48. The van der Waals surface area contributed by atoms with Gasteiger partial charge in [0.15, 0.2) is 17.9 Å². The van der Waals surface area contributed by atoms with E-state index in [-0.39, 0.29) is 11.6 Å². The minimum atomic E-state index is -1.53. The van der Waals surface area contributed by atoms with Crippen molar-refractivity contribution in [1.82, 2.24) is 9.97 Å². The lowest BCUT2D eigenvalue weighted by Crippen LogP contribution is -2.63. The number of nitrogens with zero attached hydrogens (tertiary/aromatic N) is 1. The zero-order valence-corrected chi connectivity index (χ0v) is 17.7. The standard InChI is InChI=1S/C18H23N3O11/c1-7(22)27-5-11-13(28-8(2)23)14(29-9(3)24)15(30-10(4)25)18(31-11)32-17-12(16(19)26)20-6-21-17/h6,11,13-15,18H,5H2,1-4H3,(H2,19,26)(H,20,21)/t11-,13-,14+,15-,18+/m1/s1. The van der Waals surface area contributed by atoms with Crippen LogP contribution in [-0.4, -0.2) is 77.1 Å². The highest BCUT2D eigenvalue weighted by Crippen LogP contribution is 2.31. The number of aromatic amines is 1. The third-order valence-corrected chi connectivity index (χ3v) is 4.03. The maximum atomic E-state index is 11.8. The van der Waals surface area contributed by atoms with Crippen LogP contribution in [0.2, 0.25) is 0 Å². The number of amides is 1. The maximum Gasteiger partial charge on any atom is 0.303 e. The number of hydrogen-bond acceptors (Lipinski definition) is 12. The molecule has 0 aliphatic carbocycles. The van der Waals surface area contributed by atoms with Crippen LogP contribution in [0.5, 0.6) is 5.88 Å². The lowest BCUT2D eigenvalue weighted by atomic mass is 9.98. The molecule has 2 rings (SSSR count). The molecule has 14 heteroatoms. The normalized spacial score (nSPS) is 24.7. The molecule has 3 N–H and O–H groups in total. The minimum Gasteiger partial charge on any atom is -0.463 e. The van der Waals surface area contributed by atoms with E-state index in [1.165, 1.54) is 0 Å². The van der Waals surface area contributed by atoms with Crippen LogP contribution in [0.25, 0.3) is 0 Å². The van der Waals surface area contributed by atoms with Gasteiger partial charge >= 0.3 is 23.9 Å². The number of carbonyl (C=O) groups is 5. The molecular formula is C18H23N3O11. The van der Waals surface area contributed by atoms with Crippen molar-refractivity contribution in [2.75, 3.05) is 6.61 Å². The van der Waals surface area contributed by atoms with Gasteiger partial charge in [-0.2, -0.15) is 0 Å². The Labute approximate surface area is 181 Å². The molecule has 1 aromatic rings. The summed E-state index contributed by atoms with van der Waals surface area (Å²) in [6.07, 6.45) is -5.84. The summed E-state index contributed by atoms with van der Waals surface area (Å²) in [6.45, 7) is 3.98. The van der Waals surface area contributed by atoms with Crippen LogP contribution < -0.4 is 10.5 Å². The first kappa shape index (κ1) is 24.6. The number of nitrogens with one attached hydrogen (secondary N) is 1. The SMILES string of the molecule is CC(=O)OC[C@H]1O[C@@H](Oc2nc[nH]c2C(N)=O)[C@H](OC(C)=O)[C@@H](OC(C)=O)[C@@H]1OC(C)=O. The number of carbonyl (C=O) groups excluding carboxylic acids is 5. The molecule has 5 atom stereocenters.